The van der Waals surface area contributed by atoms with Crippen LogP contribution in [0.3, 0.4) is 0 Å². The highest BCUT2D eigenvalue weighted by molar-refractivity contribution is 6.00. The minimum Gasteiger partial charge on any atom is -0.396 e. The van der Waals surface area contributed by atoms with E-state index in [0.29, 0.717) is 23.6 Å². The summed E-state index contributed by atoms with van der Waals surface area (Å²) < 4.78 is 0. The summed E-state index contributed by atoms with van der Waals surface area (Å²) in [6.45, 7) is 11.5. The third kappa shape index (κ3) is 3.76. The molecule has 1 aromatic heterocycles. The molecule has 7 heteroatoms. The van der Waals surface area contributed by atoms with Crippen LogP contribution in [0.2, 0.25) is 0 Å². The summed E-state index contributed by atoms with van der Waals surface area (Å²) in [7, 11) is 0. The molecule has 150 valence electrons. The van der Waals surface area contributed by atoms with Gasteiger partial charge in [-0.3, -0.25) is 0 Å². The molecule has 0 spiro atoms. The molecule has 2 heterocycles. The van der Waals surface area contributed by atoms with E-state index in [1.54, 1.807) is 6.07 Å². The average molecular weight is 398 g/mol. The minimum absolute atomic E-state index is 0.171. The van der Waals surface area contributed by atoms with Crippen molar-refractivity contribution in [3.63, 3.8) is 0 Å². The van der Waals surface area contributed by atoms with E-state index in [0.717, 1.165) is 47.2 Å². The summed E-state index contributed by atoms with van der Waals surface area (Å²) in [5.74, 6) is 1.64. The second-order valence-corrected chi connectivity index (χ2v) is 7.61. The summed E-state index contributed by atoms with van der Waals surface area (Å²) in [6, 6.07) is 13.5. The van der Waals surface area contributed by atoms with Gasteiger partial charge in [0, 0.05) is 42.9 Å². The molecule has 2 aromatic carbocycles. The van der Waals surface area contributed by atoms with Gasteiger partial charge in [-0.05, 0) is 36.6 Å². The van der Waals surface area contributed by atoms with Crippen LogP contribution >= 0.6 is 0 Å². The zero-order valence-corrected chi connectivity index (χ0v) is 16.8. The van der Waals surface area contributed by atoms with Gasteiger partial charge in [0.15, 0.2) is 17.3 Å². The van der Waals surface area contributed by atoms with Crippen molar-refractivity contribution < 1.29 is 5.11 Å². The molecule has 0 radical (unpaired) electrons. The summed E-state index contributed by atoms with van der Waals surface area (Å²) in [6.07, 6.45) is 0.925. The Morgan fingerprint density at radius 1 is 1.27 bits per heavy atom. The number of nitriles is 1. The third-order valence-electron chi connectivity index (χ3n) is 5.60. The Bertz CT molecular complexity index is 1180. The van der Waals surface area contributed by atoms with Gasteiger partial charge in [0.25, 0.3) is 0 Å². The number of hydrogen-bond donors (Lipinski definition) is 2. The first-order valence-electron chi connectivity index (χ1n) is 9.90. The number of anilines is 2. The highest BCUT2D eigenvalue weighted by atomic mass is 16.3. The molecular formula is C23H22N6O. The van der Waals surface area contributed by atoms with Crippen molar-refractivity contribution in [2.24, 2.45) is 5.92 Å². The van der Waals surface area contributed by atoms with Crippen molar-refractivity contribution in [3.8, 4) is 6.07 Å². The molecule has 2 N–H and O–H groups in total. The van der Waals surface area contributed by atoms with Crippen LogP contribution in [0.25, 0.3) is 15.6 Å². The van der Waals surface area contributed by atoms with E-state index in [-0.39, 0.29) is 12.5 Å². The van der Waals surface area contributed by atoms with Crippen molar-refractivity contribution in [3.05, 3.63) is 64.5 Å². The molecule has 7 nitrogen and oxygen atoms in total. The van der Waals surface area contributed by atoms with E-state index < -0.39 is 0 Å². The van der Waals surface area contributed by atoms with Crippen LogP contribution in [-0.2, 0) is 6.54 Å². The number of rotatable bonds is 5. The van der Waals surface area contributed by atoms with Crippen molar-refractivity contribution in [2.45, 2.75) is 19.9 Å². The van der Waals surface area contributed by atoms with Crippen molar-refractivity contribution in [1.82, 2.24) is 10.2 Å². The highest BCUT2D eigenvalue weighted by Gasteiger charge is 2.25. The topological polar surface area (TPSA) is 89.4 Å². The molecule has 0 amide bonds. The maximum absolute atomic E-state index is 9.46. The highest BCUT2D eigenvalue weighted by Crippen LogP contribution is 2.34. The lowest BCUT2D eigenvalue weighted by atomic mass is 10.1. The Kier molecular flexibility index (Phi) is 5.47. The lowest BCUT2D eigenvalue weighted by Crippen LogP contribution is -2.22. The summed E-state index contributed by atoms with van der Waals surface area (Å²) in [4.78, 5) is 5.71. The van der Waals surface area contributed by atoms with Crippen LogP contribution in [0.4, 0.5) is 17.3 Å². The van der Waals surface area contributed by atoms with Crippen LogP contribution in [0, 0.1) is 30.7 Å². The minimum atomic E-state index is 0.171. The van der Waals surface area contributed by atoms with Crippen molar-refractivity contribution in [1.29, 1.82) is 5.26 Å². The standard InChI is InChI=1S/C23H22N6O/c1-15-3-4-16(9-18(15)11-24)12-26-22-21-10-19(25-2)5-6-20(21)23(28-27-22)29-8-7-17(13-29)14-30/h3-6,9-10,17,30H,7-8,12-14H2,1H3,(H,26,27). The van der Waals surface area contributed by atoms with E-state index in [9.17, 15) is 10.4 Å². The van der Waals surface area contributed by atoms with Gasteiger partial charge in [0.2, 0.25) is 0 Å². The predicted molar refractivity (Wildman–Crippen MR) is 116 cm³/mol. The van der Waals surface area contributed by atoms with Gasteiger partial charge >= 0.3 is 0 Å². The van der Waals surface area contributed by atoms with E-state index in [1.807, 2.05) is 37.3 Å². The number of nitrogens with one attached hydrogen (secondary N) is 1. The fourth-order valence-corrected chi connectivity index (χ4v) is 3.82. The number of benzene rings is 2. The van der Waals surface area contributed by atoms with Crippen molar-refractivity contribution in [2.75, 3.05) is 29.9 Å². The van der Waals surface area contributed by atoms with Gasteiger partial charge in [-0.15, -0.1) is 10.2 Å². The van der Waals surface area contributed by atoms with E-state index in [4.69, 9.17) is 6.57 Å². The smallest absolute Gasteiger partial charge is 0.188 e. The van der Waals surface area contributed by atoms with Crippen molar-refractivity contribution >= 4 is 28.1 Å². The van der Waals surface area contributed by atoms with Crippen LogP contribution in [-0.4, -0.2) is 35.0 Å². The molecular weight excluding hydrogens is 376 g/mol. The molecule has 0 saturated carbocycles. The molecule has 1 aliphatic heterocycles. The Labute approximate surface area is 175 Å². The number of fused-ring (bicyclic) bond motifs is 1. The Balaban J connectivity index is 1.67. The average Bonchev–Trinajstić information content (AvgIpc) is 3.27. The van der Waals surface area contributed by atoms with Gasteiger partial charge in [-0.1, -0.05) is 24.3 Å². The zero-order valence-electron chi connectivity index (χ0n) is 16.8. The second kappa shape index (κ2) is 8.36. The maximum Gasteiger partial charge on any atom is 0.188 e. The Morgan fingerprint density at radius 2 is 2.13 bits per heavy atom. The molecule has 1 aliphatic rings. The number of nitrogens with zero attached hydrogens (tertiary/aromatic N) is 5. The molecule has 1 atom stereocenters. The number of aryl methyl sites for hydroxylation is 1. The fourth-order valence-electron chi connectivity index (χ4n) is 3.82. The molecule has 30 heavy (non-hydrogen) atoms. The van der Waals surface area contributed by atoms with Gasteiger partial charge in [0.1, 0.15) is 0 Å². The number of aliphatic hydroxyl groups excluding tert-OH is 1. The van der Waals surface area contributed by atoms with Gasteiger partial charge in [0.05, 0.1) is 18.2 Å². The second-order valence-electron chi connectivity index (χ2n) is 7.61. The van der Waals surface area contributed by atoms with E-state index >= 15 is 0 Å². The number of aliphatic hydroxyl groups is 1. The van der Waals surface area contributed by atoms with E-state index in [1.165, 1.54) is 0 Å². The molecule has 0 aliphatic carbocycles. The Morgan fingerprint density at radius 3 is 2.87 bits per heavy atom. The van der Waals surface area contributed by atoms with Crippen LogP contribution in [0.5, 0.6) is 0 Å². The maximum atomic E-state index is 9.46. The third-order valence-corrected chi connectivity index (χ3v) is 5.60. The van der Waals surface area contributed by atoms with Crippen LogP contribution in [0.1, 0.15) is 23.1 Å². The first kappa shape index (κ1) is 19.6. The number of hydrogen-bond acceptors (Lipinski definition) is 6. The quantitative estimate of drug-likeness (QED) is 0.636. The molecule has 0 bridgehead atoms. The predicted octanol–water partition coefficient (Wildman–Crippen LogP) is 3.79. The summed E-state index contributed by atoms with van der Waals surface area (Å²) in [5, 5.41) is 32.7. The first-order valence-corrected chi connectivity index (χ1v) is 9.90. The summed E-state index contributed by atoms with van der Waals surface area (Å²) in [5.41, 5.74) is 3.12. The normalized spacial score (nSPS) is 15.7. The van der Waals surface area contributed by atoms with Crippen LogP contribution in [0.15, 0.2) is 36.4 Å². The van der Waals surface area contributed by atoms with Gasteiger partial charge in [-0.25, -0.2) is 4.85 Å². The molecule has 1 saturated heterocycles. The molecule has 1 fully saturated rings. The molecule has 4 rings (SSSR count). The van der Waals surface area contributed by atoms with E-state index in [2.05, 4.69) is 31.3 Å². The monoisotopic (exact) mass is 398 g/mol. The van der Waals surface area contributed by atoms with Crippen LogP contribution < -0.4 is 10.2 Å². The fraction of sp³-hybridized carbons (Fsp3) is 0.304. The first-order chi connectivity index (χ1) is 14.6. The van der Waals surface area contributed by atoms with Gasteiger partial charge < -0.3 is 15.3 Å². The Hall–Kier alpha value is -3.68. The molecule has 1 unspecified atom stereocenters. The van der Waals surface area contributed by atoms with Gasteiger partial charge in [-0.2, -0.15) is 5.26 Å². The summed E-state index contributed by atoms with van der Waals surface area (Å²) >= 11 is 0. The molecule has 3 aromatic rings. The SMILES string of the molecule is [C-]#[N+]c1ccc2c(N3CCC(CO)C3)nnc(NCc3ccc(C)c(C#N)c3)c2c1. The lowest BCUT2D eigenvalue weighted by Gasteiger charge is -2.20. The lowest BCUT2D eigenvalue weighted by molar-refractivity contribution is 0.238. The number of aromatic nitrogens is 2. The largest absolute Gasteiger partial charge is 0.396 e. The zero-order chi connectivity index (χ0) is 21.1.